The normalized spacial score (nSPS) is 8.53. The molecule has 0 aromatic rings. The average molecular weight is 412 g/mol. The molecule has 5 heteroatoms. The van der Waals surface area contributed by atoms with Crippen molar-refractivity contribution in [1.29, 1.82) is 0 Å². The summed E-state index contributed by atoms with van der Waals surface area (Å²) in [7, 11) is 0. The second kappa shape index (κ2) is 23.8. The molecule has 0 aliphatic heterocycles. The zero-order valence-electron chi connectivity index (χ0n) is 9.83. The second-order valence-electron chi connectivity index (χ2n) is 3.97. The molecule has 0 bridgehead atoms. The Morgan fingerprint density at radius 2 is 1.18 bits per heavy atom. The van der Waals surface area contributed by atoms with E-state index in [0.717, 1.165) is 12.8 Å². The summed E-state index contributed by atoms with van der Waals surface area (Å²) < 4.78 is 0. The molecule has 0 aromatic heterocycles. The van der Waals surface area contributed by atoms with Crippen LogP contribution in [0, 0.1) is 0 Å². The fourth-order valence-corrected chi connectivity index (χ4v) is 1.59. The van der Waals surface area contributed by atoms with Crippen LogP contribution in [0.3, 0.4) is 0 Å². The Kier molecular flexibility index (Phi) is 39.1. The Balaban J connectivity index is -0.000000282. The maximum atomic E-state index is 10.2. The van der Waals surface area contributed by atoms with Gasteiger partial charge in [-0.05, 0) is 6.42 Å². The fraction of sp³-hybridized carbons (Fsp3) is 0.917. The second-order valence-corrected chi connectivity index (χ2v) is 3.97. The molecular weight excluding hydrogens is 383 g/mol. The predicted molar refractivity (Wildman–Crippen MR) is 92.0 cm³/mol. The van der Waals surface area contributed by atoms with E-state index >= 15 is 0 Å². The van der Waals surface area contributed by atoms with Crippen LogP contribution in [0.5, 0.6) is 0 Å². The van der Waals surface area contributed by atoms with Gasteiger partial charge in [0.2, 0.25) is 0 Å². The van der Waals surface area contributed by atoms with Crippen LogP contribution < -0.4 is 0 Å². The summed E-state index contributed by atoms with van der Waals surface area (Å²) in [6, 6.07) is 0. The summed E-state index contributed by atoms with van der Waals surface area (Å²) in [4.78, 5) is 10.2. The molecule has 0 amide bonds. The number of hydrogen-bond donors (Lipinski definition) is 1. The van der Waals surface area contributed by atoms with Gasteiger partial charge in [0, 0.05) is 6.42 Å². The van der Waals surface area contributed by atoms with Crippen molar-refractivity contribution in [2.24, 2.45) is 0 Å². The van der Waals surface area contributed by atoms with Crippen molar-refractivity contribution in [3.05, 3.63) is 0 Å². The van der Waals surface area contributed by atoms with Crippen LogP contribution in [0.2, 0.25) is 0 Å². The number of carboxylic acid groups (broad SMARTS) is 1. The minimum atomic E-state index is -0.659. The van der Waals surface area contributed by atoms with Crippen LogP contribution in [-0.2, 0) is 4.79 Å². The van der Waals surface area contributed by atoms with Gasteiger partial charge in [0.05, 0.1) is 0 Å². The summed E-state index contributed by atoms with van der Waals surface area (Å²) in [5, 5.41) is 8.41. The zero-order valence-corrected chi connectivity index (χ0v) is 12.2. The molecule has 0 aliphatic rings. The maximum absolute atomic E-state index is 10.2. The third-order valence-corrected chi connectivity index (χ3v) is 2.49. The topological polar surface area (TPSA) is 37.3 Å². The number of aliphatic carboxylic acids is 1. The van der Waals surface area contributed by atoms with E-state index in [4.69, 9.17) is 5.11 Å². The van der Waals surface area contributed by atoms with Crippen molar-refractivity contribution in [2.45, 2.75) is 71.1 Å². The van der Waals surface area contributed by atoms with E-state index in [1.807, 2.05) is 0 Å². The predicted octanol–water partition coefficient (Wildman–Crippen LogP) is 2.78. The van der Waals surface area contributed by atoms with Gasteiger partial charge < -0.3 is 5.11 Å². The van der Waals surface area contributed by atoms with E-state index < -0.39 is 5.97 Å². The first-order valence-corrected chi connectivity index (χ1v) is 5.99. The summed E-state index contributed by atoms with van der Waals surface area (Å²) in [5.41, 5.74) is 0. The van der Waals surface area contributed by atoms with Crippen molar-refractivity contribution >= 4 is 105 Å². The molecule has 0 unspecified atom stereocenters. The molecule has 0 radical (unpaired) electrons. The number of rotatable bonds is 10. The molecular formula is C12H29Ca2IO2. The van der Waals surface area contributed by atoms with E-state index in [-0.39, 0.29) is 99.5 Å². The zero-order chi connectivity index (χ0) is 10.6. The van der Waals surface area contributed by atoms with Gasteiger partial charge in [-0.1, -0.05) is 58.3 Å². The first kappa shape index (κ1) is 28.0. The Bertz CT molecular complexity index is 146. The van der Waals surface area contributed by atoms with Gasteiger partial charge in [-0.3, -0.25) is 4.79 Å². The van der Waals surface area contributed by atoms with Crippen LogP contribution in [0.25, 0.3) is 0 Å². The first-order chi connectivity index (χ1) is 6.77. The van der Waals surface area contributed by atoms with E-state index in [0.29, 0.717) is 6.42 Å². The van der Waals surface area contributed by atoms with Crippen LogP contribution >= 0.6 is 24.0 Å². The number of unbranched alkanes of at least 4 members (excludes halogenated alkanes) is 8. The van der Waals surface area contributed by atoms with E-state index in [2.05, 4.69) is 6.92 Å². The van der Waals surface area contributed by atoms with Crippen molar-refractivity contribution in [3.63, 3.8) is 0 Å². The Hall–Kier alpha value is 2.72. The Morgan fingerprint density at radius 1 is 0.824 bits per heavy atom. The van der Waals surface area contributed by atoms with Gasteiger partial charge in [0.25, 0.3) is 0 Å². The monoisotopic (exact) mass is 412 g/mol. The summed E-state index contributed by atoms with van der Waals surface area (Å²) in [6.45, 7) is 2.23. The molecule has 0 saturated heterocycles. The summed E-state index contributed by atoms with van der Waals surface area (Å²) in [5.74, 6) is -0.659. The third-order valence-electron chi connectivity index (χ3n) is 2.49. The van der Waals surface area contributed by atoms with Crippen molar-refractivity contribution < 1.29 is 9.90 Å². The standard InChI is InChI=1S/C12H24O2.2Ca.HI.4H/c1-2-3-4-5-6-7-8-9-10-11-12(13)14;;;;;;;/h2-11H2,1H3,(H,13,14);;;1H;;;;. The fourth-order valence-electron chi connectivity index (χ4n) is 1.59. The van der Waals surface area contributed by atoms with Crippen LogP contribution in [0.1, 0.15) is 71.1 Å². The number of carboxylic acids is 1. The van der Waals surface area contributed by atoms with Crippen molar-refractivity contribution in [3.8, 4) is 0 Å². The van der Waals surface area contributed by atoms with Gasteiger partial charge in [-0.2, -0.15) is 0 Å². The molecule has 0 rings (SSSR count). The van der Waals surface area contributed by atoms with Gasteiger partial charge in [0.1, 0.15) is 0 Å². The minimum absolute atomic E-state index is 0. The van der Waals surface area contributed by atoms with Gasteiger partial charge in [-0.15, -0.1) is 24.0 Å². The molecule has 0 atom stereocenters. The molecule has 2 nitrogen and oxygen atoms in total. The van der Waals surface area contributed by atoms with Crippen molar-refractivity contribution in [1.82, 2.24) is 0 Å². The van der Waals surface area contributed by atoms with Crippen molar-refractivity contribution in [2.75, 3.05) is 0 Å². The van der Waals surface area contributed by atoms with E-state index in [9.17, 15) is 4.79 Å². The van der Waals surface area contributed by atoms with Gasteiger partial charge in [-0.25, -0.2) is 0 Å². The van der Waals surface area contributed by atoms with Crippen LogP contribution in [0.15, 0.2) is 0 Å². The number of halogens is 1. The number of hydrogen-bond acceptors (Lipinski definition) is 1. The SMILES string of the molecule is CCCCCCCCCCCC(=O)O.I.[CaH2].[CaH2]. The quantitative estimate of drug-likeness (QED) is 0.340. The van der Waals surface area contributed by atoms with Gasteiger partial charge >= 0.3 is 81.4 Å². The Morgan fingerprint density at radius 3 is 1.53 bits per heavy atom. The molecule has 17 heavy (non-hydrogen) atoms. The summed E-state index contributed by atoms with van der Waals surface area (Å²) in [6.07, 6.45) is 11.5. The number of carbonyl (C=O) groups is 1. The Labute approximate surface area is 183 Å². The molecule has 1 N–H and O–H groups in total. The van der Waals surface area contributed by atoms with Crippen LogP contribution in [-0.4, -0.2) is 86.6 Å². The van der Waals surface area contributed by atoms with E-state index in [1.165, 1.54) is 44.9 Å². The molecule has 0 fully saturated rings. The third kappa shape index (κ3) is 27.8. The molecule has 100 valence electrons. The molecule has 0 spiro atoms. The van der Waals surface area contributed by atoms with E-state index in [1.54, 1.807) is 0 Å². The van der Waals surface area contributed by atoms with Gasteiger partial charge in [0.15, 0.2) is 0 Å². The first-order valence-electron chi connectivity index (χ1n) is 5.99. The summed E-state index contributed by atoms with van der Waals surface area (Å²) >= 11 is 0. The molecule has 0 heterocycles. The molecule has 0 aliphatic carbocycles. The average Bonchev–Trinajstić information content (AvgIpc) is 2.15. The molecule has 0 aromatic carbocycles. The van der Waals surface area contributed by atoms with Crippen LogP contribution in [0.4, 0.5) is 0 Å². The molecule has 0 saturated carbocycles.